The van der Waals surface area contributed by atoms with E-state index in [0.29, 0.717) is 51.4 Å². The molecule has 10 nitrogen and oxygen atoms in total. The zero-order chi connectivity index (χ0) is 22.6. The highest BCUT2D eigenvalue weighted by atomic mass is 32.2. The van der Waals surface area contributed by atoms with E-state index in [1.165, 1.54) is 5.01 Å². The van der Waals surface area contributed by atoms with E-state index < -0.39 is 15.9 Å². The van der Waals surface area contributed by atoms with E-state index in [0.717, 1.165) is 13.0 Å². The van der Waals surface area contributed by atoms with Crippen LogP contribution in [0.1, 0.15) is 39.5 Å². The van der Waals surface area contributed by atoms with Gasteiger partial charge in [-0.15, -0.1) is 0 Å². The highest BCUT2D eigenvalue weighted by Crippen LogP contribution is 2.22. The van der Waals surface area contributed by atoms with Gasteiger partial charge in [-0.2, -0.15) is 5.10 Å². The number of carbonyl (C=O) groups is 3. The lowest BCUT2D eigenvalue weighted by Gasteiger charge is -2.29. The van der Waals surface area contributed by atoms with E-state index in [4.69, 9.17) is 0 Å². The number of amides is 3. The monoisotopic (exact) mass is 455 g/mol. The van der Waals surface area contributed by atoms with Crippen molar-refractivity contribution >= 4 is 33.3 Å². The van der Waals surface area contributed by atoms with Crippen molar-refractivity contribution in [1.29, 1.82) is 0 Å². The Balaban J connectivity index is 1.61. The van der Waals surface area contributed by atoms with E-state index in [9.17, 15) is 22.8 Å². The quantitative estimate of drug-likeness (QED) is 0.537. The Kier molecular flexibility index (Phi) is 7.68. The molecule has 11 heteroatoms. The van der Waals surface area contributed by atoms with E-state index >= 15 is 0 Å². The van der Waals surface area contributed by atoms with Gasteiger partial charge in [0.2, 0.25) is 11.8 Å². The van der Waals surface area contributed by atoms with Gasteiger partial charge in [0.15, 0.2) is 9.84 Å². The summed E-state index contributed by atoms with van der Waals surface area (Å²) < 4.78 is 23.6. The number of hydrogen-bond donors (Lipinski definition) is 0. The molecule has 3 rings (SSSR count). The minimum atomic E-state index is -3.15. The van der Waals surface area contributed by atoms with Crippen LogP contribution in [0.2, 0.25) is 0 Å². The largest absolute Gasteiger partial charge is 0.342 e. The van der Waals surface area contributed by atoms with Crippen molar-refractivity contribution in [2.24, 2.45) is 5.10 Å². The fourth-order valence-electron chi connectivity index (χ4n) is 4.36. The minimum absolute atomic E-state index is 0.0500. The average molecular weight is 456 g/mol. The molecule has 1 unspecified atom stereocenters. The lowest BCUT2D eigenvalue weighted by atomic mass is 10.1. The van der Waals surface area contributed by atoms with Crippen LogP contribution in [0.25, 0.3) is 0 Å². The van der Waals surface area contributed by atoms with E-state index in [-0.39, 0.29) is 42.1 Å². The summed E-state index contributed by atoms with van der Waals surface area (Å²) >= 11 is 0. The third-order valence-corrected chi connectivity index (χ3v) is 7.96. The molecule has 174 valence electrons. The molecule has 1 atom stereocenters. The summed E-state index contributed by atoms with van der Waals surface area (Å²) in [6, 6.07) is -0.480. The van der Waals surface area contributed by atoms with E-state index in [1.807, 2.05) is 13.8 Å². The van der Waals surface area contributed by atoms with Gasteiger partial charge in [-0.05, 0) is 26.7 Å². The average Bonchev–Trinajstić information content (AvgIpc) is 2.94. The molecule has 0 N–H and O–H groups in total. The van der Waals surface area contributed by atoms with Gasteiger partial charge in [-0.3, -0.25) is 19.3 Å². The first-order valence-corrected chi connectivity index (χ1v) is 13.0. The second kappa shape index (κ2) is 10.1. The summed E-state index contributed by atoms with van der Waals surface area (Å²) in [6.07, 6.45) is 1.56. The fraction of sp³-hybridized carbons (Fsp3) is 0.800. The number of sulfone groups is 1. The molecule has 0 aromatic heterocycles. The molecule has 3 aliphatic heterocycles. The van der Waals surface area contributed by atoms with Crippen molar-refractivity contribution in [3.8, 4) is 0 Å². The van der Waals surface area contributed by atoms with Crippen LogP contribution in [-0.4, -0.2) is 115 Å². The third-order valence-electron chi connectivity index (χ3n) is 6.21. The summed E-state index contributed by atoms with van der Waals surface area (Å²) in [4.78, 5) is 43.4. The second-order valence-corrected chi connectivity index (χ2v) is 10.6. The molecule has 0 aromatic rings. The fourth-order valence-corrected chi connectivity index (χ4v) is 6.05. The summed E-state index contributed by atoms with van der Waals surface area (Å²) in [5.41, 5.74) is 0.316. The first kappa shape index (κ1) is 23.6. The molecule has 2 fully saturated rings. The summed E-state index contributed by atoms with van der Waals surface area (Å²) in [6.45, 7) is 8.06. The lowest BCUT2D eigenvalue weighted by Crippen LogP contribution is -2.46. The molecular formula is C20H33N5O5S. The molecule has 31 heavy (non-hydrogen) atoms. The van der Waals surface area contributed by atoms with Crippen LogP contribution in [-0.2, 0) is 24.2 Å². The topological polar surface area (TPSA) is 111 Å². The lowest BCUT2D eigenvalue weighted by molar-refractivity contribution is -0.134. The molecule has 3 amide bonds. The van der Waals surface area contributed by atoms with E-state index in [1.54, 1.807) is 9.80 Å². The Morgan fingerprint density at radius 3 is 2.48 bits per heavy atom. The Bertz CT molecular complexity index is 839. The van der Waals surface area contributed by atoms with Crippen molar-refractivity contribution < 1.29 is 22.8 Å². The zero-order valence-electron chi connectivity index (χ0n) is 18.5. The smallest absolute Gasteiger partial charge is 0.270 e. The summed E-state index contributed by atoms with van der Waals surface area (Å²) in [5, 5.41) is 5.53. The maximum atomic E-state index is 13.1. The van der Waals surface area contributed by atoms with Crippen molar-refractivity contribution in [3.63, 3.8) is 0 Å². The number of carbonyl (C=O) groups excluding carboxylic acids is 3. The molecule has 0 aromatic carbocycles. The van der Waals surface area contributed by atoms with Gasteiger partial charge in [0.25, 0.3) is 5.91 Å². The maximum absolute atomic E-state index is 13.1. The molecular weight excluding hydrogens is 422 g/mol. The molecule has 2 saturated heterocycles. The standard InChI is InChI=1S/C20H33N5O5S/c1-3-23(4-2)19(27)14-22-9-5-10-24(12-11-22)20(28)17-6-7-18(26)25(21-17)16-8-13-31(29,30)15-16/h16H,3-15H2,1-2H3. The number of hydrazone groups is 1. The van der Waals surface area contributed by atoms with Crippen LogP contribution in [0.5, 0.6) is 0 Å². The van der Waals surface area contributed by atoms with Crippen LogP contribution >= 0.6 is 0 Å². The zero-order valence-corrected chi connectivity index (χ0v) is 19.3. The van der Waals surface area contributed by atoms with Gasteiger partial charge in [-0.1, -0.05) is 0 Å². The predicted octanol–water partition coefficient (Wildman–Crippen LogP) is -0.445. The Morgan fingerprint density at radius 2 is 1.84 bits per heavy atom. The second-order valence-electron chi connectivity index (χ2n) is 8.33. The highest BCUT2D eigenvalue weighted by molar-refractivity contribution is 7.91. The first-order chi connectivity index (χ1) is 14.7. The van der Waals surface area contributed by atoms with Gasteiger partial charge in [0.05, 0.1) is 24.1 Å². The molecule has 0 bridgehead atoms. The highest BCUT2D eigenvalue weighted by Gasteiger charge is 2.38. The molecule has 0 spiro atoms. The van der Waals surface area contributed by atoms with Crippen LogP contribution in [0.4, 0.5) is 0 Å². The number of nitrogens with zero attached hydrogens (tertiary/aromatic N) is 5. The Labute approximate surface area is 184 Å². The molecule has 0 saturated carbocycles. The van der Waals surface area contributed by atoms with Crippen LogP contribution in [0.3, 0.4) is 0 Å². The molecule has 0 radical (unpaired) electrons. The predicted molar refractivity (Wildman–Crippen MR) is 116 cm³/mol. The van der Waals surface area contributed by atoms with Crippen molar-refractivity contribution in [2.45, 2.75) is 45.6 Å². The van der Waals surface area contributed by atoms with Crippen LogP contribution < -0.4 is 0 Å². The van der Waals surface area contributed by atoms with Crippen molar-refractivity contribution in [3.05, 3.63) is 0 Å². The Morgan fingerprint density at radius 1 is 1.10 bits per heavy atom. The number of rotatable bonds is 6. The van der Waals surface area contributed by atoms with Gasteiger partial charge < -0.3 is 9.80 Å². The van der Waals surface area contributed by atoms with Gasteiger partial charge in [-0.25, -0.2) is 13.4 Å². The van der Waals surface area contributed by atoms with Crippen LogP contribution in [0, 0.1) is 0 Å². The number of likely N-dealkylation sites (N-methyl/N-ethyl adjacent to an activating group) is 1. The third kappa shape index (κ3) is 5.82. The van der Waals surface area contributed by atoms with Crippen molar-refractivity contribution in [1.82, 2.24) is 19.7 Å². The van der Waals surface area contributed by atoms with Gasteiger partial charge in [0.1, 0.15) is 5.71 Å². The van der Waals surface area contributed by atoms with E-state index in [2.05, 4.69) is 10.0 Å². The van der Waals surface area contributed by atoms with Gasteiger partial charge >= 0.3 is 0 Å². The summed E-state index contributed by atoms with van der Waals surface area (Å²) in [5.74, 6) is -0.370. The summed E-state index contributed by atoms with van der Waals surface area (Å²) in [7, 11) is -3.15. The first-order valence-electron chi connectivity index (χ1n) is 11.1. The normalized spacial score (nSPS) is 24.6. The molecule has 3 heterocycles. The maximum Gasteiger partial charge on any atom is 0.270 e. The molecule has 3 aliphatic rings. The van der Waals surface area contributed by atoms with Crippen molar-refractivity contribution in [2.75, 3.05) is 57.3 Å². The van der Waals surface area contributed by atoms with Crippen LogP contribution in [0.15, 0.2) is 5.10 Å². The number of hydrogen-bond acceptors (Lipinski definition) is 7. The SMILES string of the molecule is CCN(CC)C(=O)CN1CCCN(C(=O)C2=NN(C3CCS(=O)(=O)C3)C(=O)CC2)CC1. The minimum Gasteiger partial charge on any atom is -0.342 e. The van der Waals surface area contributed by atoms with Gasteiger partial charge in [0, 0.05) is 52.1 Å². The Hall–Kier alpha value is -2.01. The molecule has 0 aliphatic carbocycles.